The molecule has 3 heterocycles. The van der Waals surface area contributed by atoms with E-state index in [1.54, 1.807) is 0 Å². The molecule has 180 valence electrons. The van der Waals surface area contributed by atoms with E-state index in [2.05, 4.69) is 23.1 Å². The van der Waals surface area contributed by atoms with Gasteiger partial charge in [0, 0.05) is 0 Å². The Morgan fingerprint density at radius 1 is 1.12 bits per heavy atom. The third kappa shape index (κ3) is 5.49. The lowest BCUT2D eigenvalue weighted by molar-refractivity contribution is -0.592. The lowest BCUT2D eigenvalue weighted by Crippen LogP contribution is -2.34. The van der Waals surface area contributed by atoms with Crippen LogP contribution in [-0.4, -0.2) is 69.2 Å². The van der Waals surface area contributed by atoms with E-state index in [4.69, 9.17) is 25.2 Å². The second kappa shape index (κ2) is 8.66. The number of nitrogens with zero attached hydrogens (tertiary/aromatic N) is 4. The van der Waals surface area contributed by atoms with Gasteiger partial charge in [-0.05, 0) is 0 Å². The Balaban J connectivity index is 1.71. The molecule has 22 heteroatoms. The van der Waals surface area contributed by atoms with Crippen LogP contribution in [0.15, 0.2) is 12.7 Å². The van der Waals surface area contributed by atoms with E-state index < -0.39 is 54.6 Å². The number of nitrogen functional groups attached to an aromatic ring is 1. The van der Waals surface area contributed by atoms with Crippen LogP contribution in [-0.2, 0) is 31.6 Å². The number of fused-ring (bicyclic) bond motifs is 1. The molecular formula is C10H16N5O14P3. The quantitative estimate of drug-likeness (QED) is 0.108. The molecule has 1 aliphatic heterocycles. The number of phosphoric ester groups is 1. The topological polar surface area (TPSA) is 293 Å². The molecule has 1 aliphatic rings. The number of ether oxygens (including phenoxy) is 1. The minimum absolute atomic E-state index is 0.000569. The van der Waals surface area contributed by atoms with Crippen LogP contribution in [0.1, 0.15) is 6.23 Å². The highest BCUT2D eigenvalue weighted by atomic mass is 31.3. The van der Waals surface area contributed by atoms with Crippen LogP contribution < -0.4 is 10.5 Å². The molecule has 0 aliphatic carbocycles. The van der Waals surface area contributed by atoms with Crippen molar-refractivity contribution >= 4 is 40.4 Å². The molecule has 2 aromatic rings. The highest BCUT2D eigenvalue weighted by Gasteiger charge is 2.47. The SMILES string of the molecule is Nc1c2ncn([C@@H]3O[C@H](COP(=O)(O)OP(=O)(O)OP(=O)(O)O)C(O)C3O)c2nc[n+]1[O-]. The van der Waals surface area contributed by atoms with Gasteiger partial charge in [0.25, 0.3) is 5.82 Å². The summed E-state index contributed by atoms with van der Waals surface area (Å²) in [7, 11) is -16.8. The number of hydrogen-bond donors (Lipinski definition) is 7. The van der Waals surface area contributed by atoms with Gasteiger partial charge in [-0.2, -0.15) is 8.62 Å². The van der Waals surface area contributed by atoms with Crippen LogP contribution in [0.5, 0.6) is 0 Å². The maximum Gasteiger partial charge on any atom is 0.490 e. The van der Waals surface area contributed by atoms with Gasteiger partial charge in [-0.15, -0.1) is 0 Å². The van der Waals surface area contributed by atoms with Gasteiger partial charge in [0.1, 0.15) is 24.6 Å². The maximum atomic E-state index is 11.8. The van der Waals surface area contributed by atoms with Crippen LogP contribution in [0.25, 0.3) is 11.2 Å². The zero-order chi connectivity index (χ0) is 24.1. The fraction of sp³-hybridized carbons (Fsp3) is 0.500. The normalized spacial score (nSPS) is 27.9. The Kier molecular flexibility index (Phi) is 6.78. The van der Waals surface area contributed by atoms with E-state index in [0.717, 1.165) is 17.2 Å². The molecule has 2 aromatic heterocycles. The van der Waals surface area contributed by atoms with Crippen LogP contribution in [0.3, 0.4) is 0 Å². The van der Waals surface area contributed by atoms with Crippen LogP contribution in [0.2, 0.25) is 0 Å². The summed E-state index contributed by atoms with van der Waals surface area (Å²) in [6, 6.07) is 0. The maximum absolute atomic E-state index is 11.8. The summed E-state index contributed by atoms with van der Waals surface area (Å²) in [5.74, 6) is -0.300. The number of phosphoric acid groups is 3. The summed E-state index contributed by atoms with van der Waals surface area (Å²) >= 11 is 0. The molecule has 0 spiro atoms. The predicted octanol–water partition coefficient (Wildman–Crippen LogP) is -2.39. The van der Waals surface area contributed by atoms with Crippen molar-refractivity contribution in [3.63, 3.8) is 0 Å². The standard InChI is InChI=1S/C10H16N5O14P3/c11-8-5-9(13-3-15(8)18)14(2-12-5)10-7(17)6(16)4(27-10)1-26-31(22,23)29-32(24,25)28-30(19,20)21/h2-4,6-7,10,16-17H,1,11H2,(H,22,23)(H,24,25)(H2,19,20,21)/t4-,6?,7?,10-/m1/s1. The molecule has 6 atom stereocenters. The molecule has 0 aromatic carbocycles. The smallest absolute Gasteiger partial charge is 0.490 e. The zero-order valence-electron chi connectivity index (χ0n) is 15.3. The third-order valence-corrected chi connectivity index (χ3v) is 7.76. The first-order valence-electron chi connectivity index (χ1n) is 8.10. The first-order valence-corrected chi connectivity index (χ1v) is 12.6. The lowest BCUT2D eigenvalue weighted by atomic mass is 10.1. The monoisotopic (exact) mass is 523 g/mol. The molecule has 0 bridgehead atoms. The summed E-state index contributed by atoms with van der Waals surface area (Å²) in [4.78, 5) is 43.3. The average Bonchev–Trinajstić information content (AvgIpc) is 3.16. The Labute approximate surface area is 176 Å². The molecule has 4 unspecified atom stereocenters. The summed E-state index contributed by atoms with van der Waals surface area (Å²) in [6.45, 7) is -0.999. The Morgan fingerprint density at radius 3 is 2.41 bits per heavy atom. The third-order valence-electron chi connectivity index (χ3n) is 3.96. The largest absolute Gasteiger partial charge is 0.740 e. The molecule has 1 saturated heterocycles. The van der Waals surface area contributed by atoms with Crippen LogP contribution in [0, 0.1) is 5.21 Å². The Hall–Kier alpha value is -1.56. The highest BCUT2D eigenvalue weighted by molar-refractivity contribution is 7.66. The van der Waals surface area contributed by atoms with Gasteiger partial charge in [0.2, 0.25) is 12.0 Å². The van der Waals surface area contributed by atoms with Crippen LogP contribution in [0.4, 0.5) is 5.82 Å². The van der Waals surface area contributed by atoms with Gasteiger partial charge in [-0.1, -0.05) is 4.98 Å². The molecule has 1 fully saturated rings. The van der Waals surface area contributed by atoms with Crippen molar-refractivity contribution in [2.24, 2.45) is 0 Å². The number of aliphatic hydroxyl groups is 2. The van der Waals surface area contributed by atoms with Gasteiger partial charge in [-0.3, -0.25) is 9.09 Å². The number of aromatic nitrogens is 4. The molecule has 19 nitrogen and oxygen atoms in total. The van der Waals surface area contributed by atoms with Crippen molar-refractivity contribution in [3.05, 3.63) is 17.9 Å². The average molecular weight is 523 g/mol. The lowest BCUT2D eigenvalue weighted by Gasteiger charge is -2.19. The first kappa shape index (κ1) is 25.1. The van der Waals surface area contributed by atoms with Gasteiger partial charge >= 0.3 is 23.5 Å². The fourth-order valence-electron chi connectivity index (χ4n) is 2.69. The number of rotatable bonds is 8. The predicted molar refractivity (Wildman–Crippen MR) is 96.6 cm³/mol. The number of nitrogens with two attached hydrogens (primary N) is 1. The number of aliphatic hydroxyl groups excluding tert-OH is 2. The fourth-order valence-corrected chi connectivity index (χ4v) is 5.72. The first-order chi connectivity index (χ1) is 14.6. The number of hydrogen-bond acceptors (Lipinski definition) is 13. The Bertz CT molecular complexity index is 1150. The van der Waals surface area contributed by atoms with E-state index in [0.29, 0.717) is 0 Å². The van der Waals surface area contributed by atoms with E-state index in [-0.39, 0.29) is 21.7 Å². The van der Waals surface area contributed by atoms with Gasteiger partial charge in [0.05, 0.1) is 6.61 Å². The number of anilines is 1. The minimum Gasteiger partial charge on any atom is -0.740 e. The highest BCUT2D eigenvalue weighted by Crippen LogP contribution is 2.66. The summed E-state index contributed by atoms with van der Waals surface area (Å²) in [5, 5.41) is 31.9. The van der Waals surface area contributed by atoms with E-state index >= 15 is 0 Å². The molecule has 0 amide bonds. The molecule has 32 heavy (non-hydrogen) atoms. The molecule has 0 saturated carbocycles. The zero-order valence-corrected chi connectivity index (χ0v) is 18.0. The second-order valence-electron chi connectivity index (χ2n) is 6.21. The van der Waals surface area contributed by atoms with Gasteiger partial charge in [-0.25, -0.2) is 23.4 Å². The number of imidazole rings is 1. The van der Waals surface area contributed by atoms with E-state index in [9.17, 15) is 34.0 Å². The molecule has 3 rings (SSSR count). The van der Waals surface area contributed by atoms with Crippen molar-refractivity contribution in [3.8, 4) is 0 Å². The van der Waals surface area contributed by atoms with Crippen molar-refractivity contribution in [2.75, 3.05) is 12.3 Å². The van der Waals surface area contributed by atoms with Crippen molar-refractivity contribution in [2.45, 2.75) is 24.5 Å². The molecular weight excluding hydrogens is 507 g/mol. The van der Waals surface area contributed by atoms with Gasteiger partial charge < -0.3 is 45.5 Å². The Morgan fingerprint density at radius 2 is 1.78 bits per heavy atom. The molecule has 0 radical (unpaired) electrons. The summed E-state index contributed by atoms with van der Waals surface area (Å²) < 4.78 is 52.0. The minimum atomic E-state index is -5.73. The van der Waals surface area contributed by atoms with Crippen molar-refractivity contribution < 1.29 is 66.1 Å². The second-order valence-corrected chi connectivity index (χ2v) is 10.6. The molecule has 8 N–H and O–H groups in total. The van der Waals surface area contributed by atoms with E-state index in [1.807, 2.05) is 0 Å². The van der Waals surface area contributed by atoms with Crippen molar-refractivity contribution in [1.29, 1.82) is 0 Å². The van der Waals surface area contributed by atoms with Gasteiger partial charge in [0.15, 0.2) is 11.7 Å². The summed E-state index contributed by atoms with van der Waals surface area (Å²) in [6.07, 6.45) is -4.36. The van der Waals surface area contributed by atoms with Crippen molar-refractivity contribution in [1.82, 2.24) is 14.5 Å². The van der Waals surface area contributed by atoms with Crippen LogP contribution >= 0.6 is 23.5 Å². The summed E-state index contributed by atoms with van der Waals surface area (Å²) in [5.41, 5.74) is 5.55. The van der Waals surface area contributed by atoms with E-state index in [1.165, 1.54) is 0 Å².